The van der Waals surface area contributed by atoms with Crippen LogP contribution in [0.25, 0.3) is 0 Å². The van der Waals surface area contributed by atoms with Crippen molar-refractivity contribution in [2.45, 2.75) is 19.6 Å². The number of benzene rings is 1. The van der Waals surface area contributed by atoms with Crippen LogP contribution in [-0.4, -0.2) is 42.7 Å². The predicted octanol–water partition coefficient (Wildman–Crippen LogP) is 2.95. The predicted molar refractivity (Wildman–Crippen MR) is 77.5 cm³/mol. The average Bonchev–Trinajstić information content (AvgIpc) is 2.44. The van der Waals surface area contributed by atoms with Gasteiger partial charge in [0.15, 0.2) is 0 Å². The third-order valence-electron chi connectivity index (χ3n) is 2.86. The monoisotopic (exact) mass is 301 g/mol. The Hall–Kier alpha value is -1.46. The minimum atomic E-state index is -0.949. The Bertz CT molecular complexity index is 439. The van der Waals surface area contributed by atoms with E-state index in [2.05, 4.69) is 0 Å². The maximum atomic E-state index is 11.2. The lowest BCUT2D eigenvalue weighted by molar-refractivity contribution is 0.142. The molecule has 0 aromatic heterocycles. The van der Waals surface area contributed by atoms with E-state index in [1.54, 1.807) is 14.2 Å². The molecule has 0 heterocycles. The first-order chi connectivity index (χ1) is 9.62. The molecule has 0 saturated carbocycles. The van der Waals surface area contributed by atoms with Crippen LogP contribution in [0.3, 0.4) is 0 Å². The summed E-state index contributed by atoms with van der Waals surface area (Å²) >= 11 is 5.60. The lowest BCUT2D eigenvalue weighted by Crippen LogP contribution is -2.30. The number of methoxy groups -OCH3 is 2. The van der Waals surface area contributed by atoms with Crippen LogP contribution in [0.2, 0.25) is 0 Å². The van der Waals surface area contributed by atoms with Gasteiger partial charge >= 0.3 is 6.09 Å². The zero-order valence-corrected chi connectivity index (χ0v) is 12.5. The Morgan fingerprint density at radius 1 is 1.40 bits per heavy atom. The van der Waals surface area contributed by atoms with Crippen LogP contribution >= 0.6 is 11.6 Å². The molecule has 1 aromatic rings. The molecule has 5 nitrogen and oxygen atoms in total. The molecule has 0 aliphatic carbocycles. The van der Waals surface area contributed by atoms with Crippen molar-refractivity contribution in [1.82, 2.24) is 4.90 Å². The van der Waals surface area contributed by atoms with Crippen LogP contribution < -0.4 is 4.74 Å². The number of carboxylic acid groups (broad SMARTS) is 1. The van der Waals surface area contributed by atoms with Gasteiger partial charge in [-0.15, -0.1) is 11.6 Å². The number of halogens is 1. The fourth-order valence-electron chi connectivity index (χ4n) is 1.88. The number of carbonyl (C=O) groups is 1. The van der Waals surface area contributed by atoms with Gasteiger partial charge in [-0.25, -0.2) is 4.79 Å². The lowest BCUT2D eigenvalue weighted by atomic mass is 10.1. The average molecular weight is 302 g/mol. The molecule has 20 heavy (non-hydrogen) atoms. The van der Waals surface area contributed by atoms with Crippen LogP contribution in [0, 0.1) is 0 Å². The van der Waals surface area contributed by atoms with Gasteiger partial charge < -0.3 is 19.5 Å². The highest BCUT2D eigenvalue weighted by Gasteiger charge is 2.13. The summed E-state index contributed by atoms with van der Waals surface area (Å²) in [5.74, 6) is 1.15. The SMILES string of the molecule is COCc1ccc(CN(CCCCl)C(=O)O)cc1OC. The van der Waals surface area contributed by atoms with E-state index in [0.29, 0.717) is 37.7 Å². The molecule has 6 heteroatoms. The Labute approximate surface area is 124 Å². The van der Waals surface area contributed by atoms with Crippen molar-refractivity contribution in [3.63, 3.8) is 0 Å². The molecule has 1 N–H and O–H groups in total. The molecule has 0 saturated heterocycles. The number of amides is 1. The topological polar surface area (TPSA) is 59.0 Å². The molecule has 112 valence electrons. The normalized spacial score (nSPS) is 10.3. The van der Waals surface area contributed by atoms with Gasteiger partial charge in [0, 0.05) is 31.6 Å². The van der Waals surface area contributed by atoms with E-state index in [-0.39, 0.29) is 0 Å². The van der Waals surface area contributed by atoms with Crippen LogP contribution in [0.1, 0.15) is 17.5 Å². The minimum Gasteiger partial charge on any atom is -0.496 e. The van der Waals surface area contributed by atoms with Crippen LogP contribution in [0.4, 0.5) is 4.79 Å². The number of hydrogen-bond acceptors (Lipinski definition) is 3. The Morgan fingerprint density at radius 3 is 2.70 bits per heavy atom. The standard InChI is InChI=1S/C14H20ClNO4/c1-19-10-12-5-4-11(8-13(12)20-2)9-16(14(17)18)7-3-6-15/h4-5,8H,3,6-7,9-10H2,1-2H3,(H,17,18). The van der Waals surface area contributed by atoms with Crippen molar-refractivity contribution in [2.24, 2.45) is 0 Å². The molecule has 0 aliphatic rings. The third kappa shape index (κ3) is 4.90. The van der Waals surface area contributed by atoms with Gasteiger partial charge in [-0.1, -0.05) is 12.1 Å². The zero-order valence-electron chi connectivity index (χ0n) is 11.8. The second kappa shape index (κ2) is 8.66. The van der Waals surface area contributed by atoms with Gasteiger partial charge in [0.05, 0.1) is 13.7 Å². The molecule has 0 unspecified atom stereocenters. The minimum absolute atomic E-state index is 0.315. The maximum absolute atomic E-state index is 11.2. The van der Waals surface area contributed by atoms with E-state index in [1.165, 1.54) is 4.90 Å². The highest BCUT2D eigenvalue weighted by atomic mass is 35.5. The molecule has 1 amide bonds. The fraction of sp³-hybridized carbons (Fsp3) is 0.500. The van der Waals surface area contributed by atoms with E-state index >= 15 is 0 Å². The van der Waals surface area contributed by atoms with E-state index in [0.717, 1.165) is 11.1 Å². The quantitative estimate of drug-likeness (QED) is 0.750. The van der Waals surface area contributed by atoms with E-state index in [1.807, 2.05) is 18.2 Å². The van der Waals surface area contributed by atoms with Gasteiger partial charge in [-0.05, 0) is 18.1 Å². The van der Waals surface area contributed by atoms with Gasteiger partial charge in [-0.3, -0.25) is 0 Å². The summed E-state index contributed by atoms with van der Waals surface area (Å²) in [6.45, 7) is 1.19. The zero-order chi connectivity index (χ0) is 15.0. The van der Waals surface area contributed by atoms with E-state index in [9.17, 15) is 4.79 Å². The first kappa shape index (κ1) is 16.6. The lowest BCUT2D eigenvalue weighted by Gasteiger charge is -2.19. The van der Waals surface area contributed by atoms with E-state index < -0.39 is 6.09 Å². The molecule has 0 fully saturated rings. The molecule has 0 atom stereocenters. The van der Waals surface area contributed by atoms with Crippen LogP contribution in [0.5, 0.6) is 5.75 Å². The third-order valence-corrected chi connectivity index (χ3v) is 3.12. The Balaban J connectivity index is 2.82. The molecule has 0 spiro atoms. The largest absolute Gasteiger partial charge is 0.496 e. The first-order valence-electron chi connectivity index (χ1n) is 6.31. The molecular weight excluding hydrogens is 282 g/mol. The van der Waals surface area contributed by atoms with Crippen molar-refractivity contribution in [1.29, 1.82) is 0 Å². The highest BCUT2D eigenvalue weighted by Crippen LogP contribution is 2.22. The molecule has 0 bridgehead atoms. The van der Waals surface area contributed by atoms with Crippen LogP contribution in [-0.2, 0) is 17.9 Å². The van der Waals surface area contributed by atoms with Gasteiger partial charge in [-0.2, -0.15) is 0 Å². The van der Waals surface area contributed by atoms with Crippen molar-refractivity contribution in [3.8, 4) is 5.75 Å². The number of nitrogens with zero attached hydrogens (tertiary/aromatic N) is 1. The molecule has 0 aliphatic heterocycles. The second-order valence-electron chi connectivity index (χ2n) is 4.33. The Morgan fingerprint density at radius 2 is 2.15 bits per heavy atom. The Kier molecular flexibility index (Phi) is 7.18. The molecular formula is C14H20ClNO4. The van der Waals surface area contributed by atoms with Crippen molar-refractivity contribution in [3.05, 3.63) is 29.3 Å². The number of hydrogen-bond donors (Lipinski definition) is 1. The number of ether oxygens (including phenoxy) is 2. The molecule has 1 rings (SSSR count). The smallest absolute Gasteiger partial charge is 0.407 e. The summed E-state index contributed by atoms with van der Waals surface area (Å²) in [5.41, 5.74) is 1.81. The van der Waals surface area contributed by atoms with Crippen molar-refractivity contribution < 1.29 is 19.4 Å². The highest BCUT2D eigenvalue weighted by molar-refractivity contribution is 6.17. The molecule has 0 radical (unpaired) electrons. The summed E-state index contributed by atoms with van der Waals surface area (Å²) in [6.07, 6.45) is -0.317. The summed E-state index contributed by atoms with van der Waals surface area (Å²) in [6, 6.07) is 5.61. The summed E-state index contributed by atoms with van der Waals surface area (Å²) in [7, 11) is 3.20. The number of rotatable bonds is 8. The summed E-state index contributed by atoms with van der Waals surface area (Å²) in [4.78, 5) is 12.5. The van der Waals surface area contributed by atoms with Gasteiger partial charge in [0.25, 0.3) is 0 Å². The maximum Gasteiger partial charge on any atom is 0.407 e. The van der Waals surface area contributed by atoms with Gasteiger partial charge in [0.2, 0.25) is 0 Å². The first-order valence-corrected chi connectivity index (χ1v) is 6.84. The van der Waals surface area contributed by atoms with Crippen molar-refractivity contribution in [2.75, 3.05) is 26.6 Å². The van der Waals surface area contributed by atoms with Crippen molar-refractivity contribution >= 4 is 17.7 Å². The summed E-state index contributed by atoms with van der Waals surface area (Å²) in [5, 5.41) is 9.16. The van der Waals surface area contributed by atoms with Gasteiger partial charge in [0.1, 0.15) is 5.75 Å². The summed E-state index contributed by atoms with van der Waals surface area (Å²) < 4.78 is 10.4. The second-order valence-corrected chi connectivity index (χ2v) is 4.70. The van der Waals surface area contributed by atoms with Crippen LogP contribution in [0.15, 0.2) is 18.2 Å². The van der Waals surface area contributed by atoms with E-state index in [4.69, 9.17) is 26.2 Å². The molecule has 1 aromatic carbocycles. The fourth-order valence-corrected chi connectivity index (χ4v) is 1.99. The number of alkyl halides is 1.